The fourth-order valence-electron chi connectivity index (χ4n) is 3.06. The molecule has 130 valence electrons. The van der Waals surface area contributed by atoms with E-state index in [4.69, 9.17) is 9.47 Å². The van der Waals surface area contributed by atoms with E-state index in [-0.39, 0.29) is 5.41 Å². The van der Waals surface area contributed by atoms with Gasteiger partial charge in [-0.1, -0.05) is 38.5 Å². The number of benzene rings is 1. The summed E-state index contributed by atoms with van der Waals surface area (Å²) in [4.78, 5) is 0. The molecule has 2 N–H and O–H groups in total. The summed E-state index contributed by atoms with van der Waals surface area (Å²) < 4.78 is 11.7. The predicted molar refractivity (Wildman–Crippen MR) is 95.2 cm³/mol. The second-order valence-electron chi connectivity index (χ2n) is 7.75. The van der Waals surface area contributed by atoms with Gasteiger partial charge in [0.2, 0.25) is 0 Å². The molecule has 0 spiro atoms. The van der Waals surface area contributed by atoms with Gasteiger partial charge < -0.3 is 14.8 Å². The Morgan fingerprint density at radius 1 is 1.26 bits per heavy atom. The number of hydrogen-bond donors (Lipinski definition) is 1. The molecule has 0 bridgehead atoms. The molecule has 3 heteroatoms. The van der Waals surface area contributed by atoms with Crippen molar-refractivity contribution < 1.29 is 14.8 Å². The molecule has 1 fully saturated rings. The zero-order valence-corrected chi connectivity index (χ0v) is 15.4. The lowest BCUT2D eigenvalue weighted by atomic mass is 9.85. The summed E-state index contributed by atoms with van der Waals surface area (Å²) >= 11 is 0. The number of hydrogen-bond acceptors (Lipinski definition) is 2. The Bertz CT molecular complexity index is 473. The zero-order chi connectivity index (χ0) is 16.7. The summed E-state index contributed by atoms with van der Waals surface area (Å²) in [6.45, 7) is 12.9. The van der Waals surface area contributed by atoms with Crippen molar-refractivity contribution in [3.8, 4) is 5.75 Å². The average molecular weight is 320 g/mol. The molecule has 0 aromatic heterocycles. The van der Waals surface area contributed by atoms with Crippen molar-refractivity contribution in [1.82, 2.24) is 0 Å². The molecule has 2 rings (SSSR count). The van der Waals surface area contributed by atoms with Gasteiger partial charge in [-0.05, 0) is 49.7 Å². The Hall–Kier alpha value is -1.06. The maximum absolute atomic E-state index is 6.06. The largest absolute Gasteiger partial charge is 0.493 e. The van der Waals surface area contributed by atoms with Crippen LogP contribution in [0.2, 0.25) is 0 Å². The van der Waals surface area contributed by atoms with Crippen LogP contribution in [0.3, 0.4) is 0 Å². The van der Waals surface area contributed by atoms with E-state index in [0.717, 1.165) is 31.9 Å². The van der Waals surface area contributed by atoms with Crippen LogP contribution in [0.4, 0.5) is 0 Å². The van der Waals surface area contributed by atoms with Gasteiger partial charge in [0.15, 0.2) is 0 Å². The molecule has 1 aromatic carbocycles. The van der Waals surface area contributed by atoms with Gasteiger partial charge in [-0.25, -0.2) is 0 Å². The molecule has 1 aromatic rings. The maximum atomic E-state index is 6.06. The second-order valence-corrected chi connectivity index (χ2v) is 7.75. The van der Waals surface area contributed by atoms with Gasteiger partial charge in [-0.15, -0.1) is 0 Å². The van der Waals surface area contributed by atoms with Crippen LogP contribution >= 0.6 is 0 Å². The summed E-state index contributed by atoms with van der Waals surface area (Å²) in [5, 5.41) is 2.39. The Morgan fingerprint density at radius 3 is 2.78 bits per heavy atom. The Morgan fingerprint density at radius 2 is 2.09 bits per heavy atom. The van der Waals surface area contributed by atoms with Crippen LogP contribution in [-0.4, -0.2) is 32.4 Å². The lowest BCUT2D eigenvalue weighted by Crippen LogP contribution is -2.86. The lowest BCUT2D eigenvalue weighted by Gasteiger charge is -2.23. The highest BCUT2D eigenvalue weighted by atomic mass is 16.5. The number of rotatable bonds is 8. The molecule has 0 radical (unpaired) electrons. The summed E-state index contributed by atoms with van der Waals surface area (Å²) in [6.07, 6.45) is 5.28. The van der Waals surface area contributed by atoms with E-state index in [1.54, 1.807) is 0 Å². The first kappa shape index (κ1) is 18.3. The molecule has 1 atom stereocenters. The van der Waals surface area contributed by atoms with Crippen molar-refractivity contribution in [2.45, 2.75) is 64.9 Å². The third kappa shape index (κ3) is 6.15. The van der Waals surface area contributed by atoms with Crippen molar-refractivity contribution in [2.75, 3.05) is 26.3 Å². The second kappa shape index (κ2) is 8.70. The van der Waals surface area contributed by atoms with Crippen LogP contribution < -0.4 is 10.1 Å². The molecule has 1 aliphatic heterocycles. The van der Waals surface area contributed by atoms with Gasteiger partial charge in [0.05, 0.1) is 13.2 Å². The smallest absolute Gasteiger partial charge is 0.123 e. The third-order valence-corrected chi connectivity index (χ3v) is 4.46. The molecule has 3 nitrogen and oxygen atoms in total. The highest BCUT2D eigenvalue weighted by Crippen LogP contribution is 2.32. The summed E-state index contributed by atoms with van der Waals surface area (Å²) in [6, 6.07) is 6.52. The van der Waals surface area contributed by atoms with Gasteiger partial charge in [-0.3, -0.25) is 0 Å². The molecule has 1 aliphatic rings. The number of quaternary nitrogens is 1. The fourth-order valence-corrected chi connectivity index (χ4v) is 3.06. The molecule has 23 heavy (non-hydrogen) atoms. The normalized spacial score (nSPS) is 18.3. The van der Waals surface area contributed by atoms with Gasteiger partial charge in [0, 0.05) is 6.61 Å². The highest BCUT2D eigenvalue weighted by Gasteiger charge is 2.19. The fraction of sp³-hybridized carbons (Fsp3) is 0.700. The van der Waals surface area contributed by atoms with Gasteiger partial charge >= 0.3 is 0 Å². The van der Waals surface area contributed by atoms with E-state index >= 15 is 0 Å². The van der Waals surface area contributed by atoms with E-state index < -0.39 is 0 Å². The first-order chi connectivity index (χ1) is 11.0. The predicted octanol–water partition coefficient (Wildman–Crippen LogP) is 3.19. The minimum Gasteiger partial charge on any atom is -0.493 e. The van der Waals surface area contributed by atoms with Crippen LogP contribution in [0.5, 0.6) is 5.75 Å². The lowest BCUT2D eigenvalue weighted by molar-refractivity contribution is -0.661. The van der Waals surface area contributed by atoms with Gasteiger partial charge in [0.1, 0.15) is 18.4 Å². The molecule has 1 saturated heterocycles. The quantitative estimate of drug-likeness (QED) is 0.747. The van der Waals surface area contributed by atoms with Crippen LogP contribution in [0.1, 0.15) is 57.6 Å². The van der Waals surface area contributed by atoms with Crippen molar-refractivity contribution in [1.29, 1.82) is 0 Å². The number of ether oxygens (including phenoxy) is 2. The SMILES string of the molecule is Cc1ccc(OCCCC[NH2+]C[C@@H]2CCCO2)c(C(C)(C)C)c1. The number of unbranched alkanes of at least 4 members (excludes halogenated alkanes) is 1. The van der Waals surface area contributed by atoms with E-state index in [9.17, 15) is 0 Å². The molecular formula is C20H34NO2+. The Balaban J connectivity index is 1.66. The standard InChI is InChI=1S/C20H33NO2/c1-16-9-10-19(18(14-16)20(2,3)4)23-12-6-5-11-21-15-17-8-7-13-22-17/h9-10,14,17,21H,5-8,11-13,15H2,1-4H3/p+1/t17-/m0/s1. The molecule has 0 saturated carbocycles. The molecule has 1 heterocycles. The minimum absolute atomic E-state index is 0.121. The van der Waals surface area contributed by atoms with Crippen molar-refractivity contribution in [3.05, 3.63) is 29.3 Å². The minimum atomic E-state index is 0.121. The monoisotopic (exact) mass is 320 g/mol. The van der Waals surface area contributed by atoms with Crippen molar-refractivity contribution in [2.24, 2.45) is 0 Å². The van der Waals surface area contributed by atoms with Gasteiger partial charge in [0.25, 0.3) is 0 Å². The number of aryl methyl sites for hydroxylation is 1. The third-order valence-electron chi connectivity index (χ3n) is 4.46. The van der Waals surface area contributed by atoms with E-state index in [1.165, 1.54) is 36.9 Å². The van der Waals surface area contributed by atoms with Crippen LogP contribution in [0, 0.1) is 6.92 Å². The molecular weight excluding hydrogens is 286 g/mol. The van der Waals surface area contributed by atoms with Crippen LogP contribution in [0.25, 0.3) is 0 Å². The Kier molecular flexibility index (Phi) is 6.91. The van der Waals surface area contributed by atoms with E-state index in [2.05, 4.69) is 51.2 Å². The van der Waals surface area contributed by atoms with Crippen molar-refractivity contribution in [3.63, 3.8) is 0 Å². The Labute approximate surface area is 141 Å². The maximum Gasteiger partial charge on any atom is 0.123 e. The van der Waals surface area contributed by atoms with E-state index in [1.807, 2.05) is 0 Å². The number of nitrogens with two attached hydrogens (primary N) is 1. The van der Waals surface area contributed by atoms with Gasteiger partial charge in [-0.2, -0.15) is 0 Å². The van der Waals surface area contributed by atoms with Crippen LogP contribution in [0.15, 0.2) is 18.2 Å². The molecule has 0 aliphatic carbocycles. The summed E-state index contributed by atoms with van der Waals surface area (Å²) in [5.41, 5.74) is 2.73. The average Bonchev–Trinajstić information content (AvgIpc) is 3.00. The topological polar surface area (TPSA) is 35.1 Å². The summed E-state index contributed by atoms with van der Waals surface area (Å²) in [7, 11) is 0. The first-order valence-electron chi connectivity index (χ1n) is 9.14. The van der Waals surface area contributed by atoms with Crippen molar-refractivity contribution >= 4 is 0 Å². The zero-order valence-electron chi connectivity index (χ0n) is 15.4. The first-order valence-corrected chi connectivity index (χ1v) is 9.14. The summed E-state index contributed by atoms with van der Waals surface area (Å²) in [5.74, 6) is 1.05. The van der Waals surface area contributed by atoms with Crippen LogP contribution in [-0.2, 0) is 10.2 Å². The van der Waals surface area contributed by atoms with E-state index in [0.29, 0.717) is 6.10 Å². The highest BCUT2D eigenvalue weighted by molar-refractivity contribution is 5.41. The molecule has 0 unspecified atom stereocenters. The molecule has 0 amide bonds.